The SMILES string of the molecule is C=C(CN(Cc1ccccc1CN(C)C)C(=C)C(C)(C)C)Nc1ccc2c(n1)CC1(C2)C(=O)Nc2ncccc21.CC.CC(C)(C)CC=O. The number of carbonyl (C=O) groups excluding carboxylic acids is 2. The maximum absolute atomic E-state index is 13.1. The van der Waals surface area contributed by atoms with Crippen molar-refractivity contribution in [3.8, 4) is 0 Å². The van der Waals surface area contributed by atoms with Gasteiger partial charge in [-0.1, -0.05) is 105 Å². The molecule has 3 heterocycles. The molecule has 3 aromatic rings. The van der Waals surface area contributed by atoms with E-state index in [2.05, 4.69) is 104 Å². The summed E-state index contributed by atoms with van der Waals surface area (Å²) >= 11 is 0. The van der Waals surface area contributed by atoms with Crippen molar-refractivity contribution < 1.29 is 9.59 Å². The Morgan fingerprint density at radius 3 is 2.18 bits per heavy atom. The first kappa shape index (κ1) is 39.1. The summed E-state index contributed by atoms with van der Waals surface area (Å²) in [5.41, 5.74) is 6.94. The topological polar surface area (TPSA) is 90.5 Å². The molecule has 8 heteroatoms. The van der Waals surface area contributed by atoms with Crippen LogP contribution in [0.2, 0.25) is 0 Å². The van der Waals surface area contributed by atoms with Crippen LogP contribution in [0.5, 0.6) is 0 Å². The van der Waals surface area contributed by atoms with Crippen LogP contribution in [-0.2, 0) is 40.9 Å². The zero-order chi connectivity index (χ0) is 36.6. The van der Waals surface area contributed by atoms with Gasteiger partial charge in [-0.15, -0.1) is 0 Å². The Hall–Kier alpha value is -4.30. The van der Waals surface area contributed by atoms with Gasteiger partial charge in [0.1, 0.15) is 17.9 Å². The molecule has 0 radical (unpaired) electrons. The Morgan fingerprint density at radius 1 is 0.959 bits per heavy atom. The average Bonchev–Trinajstić information content (AvgIpc) is 3.54. The Morgan fingerprint density at radius 2 is 1.61 bits per heavy atom. The van der Waals surface area contributed by atoms with E-state index >= 15 is 0 Å². The molecule has 1 atom stereocenters. The van der Waals surface area contributed by atoms with Gasteiger partial charge in [0.05, 0.1) is 12.0 Å². The number of hydrogen-bond donors (Lipinski definition) is 2. The molecule has 2 aromatic heterocycles. The number of anilines is 2. The number of nitrogens with one attached hydrogen (secondary N) is 2. The van der Waals surface area contributed by atoms with E-state index in [1.165, 1.54) is 11.1 Å². The summed E-state index contributed by atoms with van der Waals surface area (Å²) in [6.45, 7) is 27.7. The van der Waals surface area contributed by atoms with Crippen LogP contribution in [0.1, 0.15) is 89.8 Å². The molecule has 8 nitrogen and oxygen atoms in total. The van der Waals surface area contributed by atoms with Crippen LogP contribution in [0.15, 0.2) is 79.3 Å². The van der Waals surface area contributed by atoms with Crippen molar-refractivity contribution in [3.05, 3.63) is 107 Å². The quantitative estimate of drug-likeness (QED) is 0.211. The van der Waals surface area contributed by atoms with Crippen molar-refractivity contribution in [2.24, 2.45) is 10.8 Å². The van der Waals surface area contributed by atoms with E-state index in [0.29, 0.717) is 31.6 Å². The Balaban J connectivity index is 0.000000644. The molecule has 5 rings (SSSR count). The summed E-state index contributed by atoms with van der Waals surface area (Å²) < 4.78 is 0. The third-order valence-corrected chi connectivity index (χ3v) is 8.62. The van der Waals surface area contributed by atoms with E-state index in [1.807, 2.05) is 52.8 Å². The van der Waals surface area contributed by atoms with E-state index in [0.717, 1.165) is 53.4 Å². The zero-order valence-electron chi connectivity index (χ0n) is 31.5. The van der Waals surface area contributed by atoms with Crippen molar-refractivity contribution in [1.82, 2.24) is 19.8 Å². The van der Waals surface area contributed by atoms with Gasteiger partial charge >= 0.3 is 0 Å². The zero-order valence-corrected chi connectivity index (χ0v) is 31.5. The number of pyridine rings is 2. The van der Waals surface area contributed by atoms with Gasteiger partial charge in [-0.3, -0.25) is 4.79 Å². The lowest BCUT2D eigenvalue weighted by atomic mass is 9.80. The van der Waals surface area contributed by atoms with Crippen molar-refractivity contribution >= 4 is 23.8 Å². The Kier molecular flexibility index (Phi) is 13.1. The molecule has 1 aliphatic carbocycles. The summed E-state index contributed by atoms with van der Waals surface area (Å²) in [7, 11) is 4.18. The molecule has 1 aromatic carbocycles. The first-order valence-corrected chi connectivity index (χ1v) is 17.3. The molecule has 1 spiro atoms. The third kappa shape index (κ3) is 10.1. The number of amides is 1. The molecule has 0 saturated carbocycles. The molecule has 1 aliphatic heterocycles. The molecule has 0 fully saturated rings. The predicted octanol–water partition coefficient (Wildman–Crippen LogP) is 8.16. The summed E-state index contributed by atoms with van der Waals surface area (Å²) in [6, 6.07) is 16.5. The van der Waals surface area contributed by atoms with Gasteiger partial charge in [0.25, 0.3) is 0 Å². The number of aromatic nitrogens is 2. The lowest BCUT2D eigenvalue weighted by Crippen LogP contribution is -2.35. The highest BCUT2D eigenvalue weighted by Gasteiger charge is 2.51. The fraction of sp³-hybridized carbons (Fsp3) is 0.463. The van der Waals surface area contributed by atoms with Gasteiger partial charge in [0.15, 0.2) is 0 Å². The maximum Gasteiger partial charge on any atom is 0.237 e. The number of fused-ring (bicyclic) bond motifs is 3. The van der Waals surface area contributed by atoms with Crippen LogP contribution in [0.4, 0.5) is 11.6 Å². The molecule has 1 unspecified atom stereocenters. The number of rotatable bonds is 10. The number of hydrogen-bond acceptors (Lipinski definition) is 7. The molecule has 2 N–H and O–H groups in total. The molecule has 49 heavy (non-hydrogen) atoms. The largest absolute Gasteiger partial charge is 0.365 e. The second kappa shape index (κ2) is 16.4. The highest BCUT2D eigenvalue weighted by molar-refractivity contribution is 6.06. The first-order chi connectivity index (χ1) is 23.0. The number of carbonyl (C=O) groups is 2. The minimum Gasteiger partial charge on any atom is -0.365 e. The van der Waals surface area contributed by atoms with Crippen molar-refractivity contribution in [3.63, 3.8) is 0 Å². The number of benzene rings is 1. The van der Waals surface area contributed by atoms with Gasteiger partial charge in [0.2, 0.25) is 5.91 Å². The fourth-order valence-electron chi connectivity index (χ4n) is 6.01. The van der Waals surface area contributed by atoms with E-state index in [4.69, 9.17) is 4.98 Å². The second-order valence-electron chi connectivity index (χ2n) is 15.3. The van der Waals surface area contributed by atoms with Gasteiger partial charge in [-0.2, -0.15) is 0 Å². The van der Waals surface area contributed by atoms with Crippen molar-refractivity contribution in [2.75, 3.05) is 31.3 Å². The lowest BCUT2D eigenvalue weighted by Gasteiger charge is -2.36. The van der Waals surface area contributed by atoms with Crippen LogP contribution < -0.4 is 10.6 Å². The second-order valence-corrected chi connectivity index (χ2v) is 15.3. The van der Waals surface area contributed by atoms with Gasteiger partial charge < -0.3 is 25.2 Å². The van der Waals surface area contributed by atoms with Gasteiger partial charge in [-0.05, 0) is 54.8 Å². The minimum atomic E-state index is -0.629. The summed E-state index contributed by atoms with van der Waals surface area (Å²) in [5.74, 6) is 1.40. The summed E-state index contributed by atoms with van der Waals surface area (Å²) in [5, 5.41) is 6.41. The Bertz CT molecular complexity index is 1630. The molecule has 0 bridgehead atoms. The monoisotopic (exact) mass is 666 g/mol. The van der Waals surface area contributed by atoms with Crippen molar-refractivity contribution in [2.45, 2.75) is 93.2 Å². The van der Waals surface area contributed by atoms with Crippen LogP contribution in [0.3, 0.4) is 0 Å². The first-order valence-electron chi connectivity index (χ1n) is 17.3. The maximum atomic E-state index is 13.1. The number of nitrogens with zero attached hydrogens (tertiary/aromatic N) is 4. The summed E-state index contributed by atoms with van der Waals surface area (Å²) in [4.78, 5) is 36.7. The van der Waals surface area contributed by atoms with Crippen molar-refractivity contribution in [1.29, 1.82) is 0 Å². The molecular formula is C41H58N6O2. The standard InChI is InChI=1S/C33H40N6O.C6H12O.C2H6/c1-22(19-39(23(2)32(3,4)5)21-26-12-9-8-11-25(26)20-38(6)7)35-29-15-14-24-17-33(18-28(24)36-29)27-13-10-16-34-30(27)37-31(33)40;1-6(2,3)4-5-7;1-2/h8-16H,1-2,17-21H2,3-7H3,(H,35,36)(H,34,37,40);5H,4H2,1-3H3;1-2H3. The van der Waals surface area contributed by atoms with E-state index in [9.17, 15) is 9.59 Å². The Labute approximate surface area is 295 Å². The van der Waals surface area contributed by atoms with E-state index in [-0.39, 0.29) is 16.7 Å². The van der Waals surface area contributed by atoms with Crippen LogP contribution in [-0.4, -0.2) is 52.6 Å². The summed E-state index contributed by atoms with van der Waals surface area (Å²) in [6.07, 6.45) is 4.52. The minimum absolute atomic E-state index is 0.00370. The van der Waals surface area contributed by atoms with Crippen LogP contribution >= 0.6 is 0 Å². The van der Waals surface area contributed by atoms with Crippen LogP contribution in [0.25, 0.3) is 0 Å². The molecular weight excluding hydrogens is 608 g/mol. The highest BCUT2D eigenvalue weighted by Crippen LogP contribution is 2.46. The smallest absolute Gasteiger partial charge is 0.237 e. The van der Waals surface area contributed by atoms with Crippen LogP contribution in [0, 0.1) is 10.8 Å². The normalized spacial score (nSPS) is 16.0. The van der Waals surface area contributed by atoms with E-state index in [1.54, 1.807) is 6.20 Å². The fourth-order valence-corrected chi connectivity index (χ4v) is 6.01. The van der Waals surface area contributed by atoms with Gasteiger partial charge in [0, 0.05) is 60.2 Å². The molecule has 264 valence electrons. The molecule has 2 aliphatic rings. The number of allylic oxidation sites excluding steroid dienone is 1. The van der Waals surface area contributed by atoms with Gasteiger partial charge in [-0.25, -0.2) is 9.97 Å². The highest BCUT2D eigenvalue weighted by atomic mass is 16.2. The molecule has 0 saturated heterocycles. The lowest BCUT2D eigenvalue weighted by molar-refractivity contribution is -0.120. The molecule has 1 amide bonds. The third-order valence-electron chi connectivity index (χ3n) is 8.62. The average molecular weight is 667 g/mol. The predicted molar refractivity (Wildman–Crippen MR) is 203 cm³/mol. The number of aldehydes is 1. The van der Waals surface area contributed by atoms with E-state index < -0.39 is 5.41 Å².